The minimum Gasteiger partial charge on any atom is -1.00 e. The molecule has 0 amide bonds. The smallest absolute Gasteiger partial charge is 0.217 e. The fraction of sp³-hybridized carbons (Fsp3) is 0.381. The Labute approximate surface area is 191 Å². The van der Waals surface area contributed by atoms with Gasteiger partial charge in [-0.15, -0.1) is 0 Å². The summed E-state index contributed by atoms with van der Waals surface area (Å²) in [5.41, 5.74) is 7.18. The van der Waals surface area contributed by atoms with E-state index in [2.05, 4.69) is 65.0 Å². The van der Waals surface area contributed by atoms with Gasteiger partial charge in [0, 0.05) is 31.4 Å². The molecule has 2 aromatic rings. The van der Waals surface area contributed by atoms with Gasteiger partial charge in [0.05, 0.1) is 6.04 Å². The van der Waals surface area contributed by atoms with E-state index in [0.29, 0.717) is 12.5 Å². The molecule has 1 aliphatic heterocycles. The Kier molecular flexibility index (Phi) is 10.5. The van der Waals surface area contributed by atoms with Crippen molar-refractivity contribution < 1.29 is 38.7 Å². The number of hydrogen-bond acceptors (Lipinski definition) is 2. The van der Waals surface area contributed by atoms with Gasteiger partial charge in [-0.3, -0.25) is 0 Å². The van der Waals surface area contributed by atoms with E-state index in [0.717, 1.165) is 17.0 Å². The molecule has 1 unspecified atom stereocenters. The predicted molar refractivity (Wildman–Crippen MR) is 102 cm³/mol. The molecule has 138 valence electrons. The van der Waals surface area contributed by atoms with E-state index in [1.807, 2.05) is 6.07 Å². The molecule has 4 radical (unpaired) electrons. The Bertz CT molecular complexity index is 751. The molecule has 0 fully saturated rings. The van der Waals surface area contributed by atoms with Crippen LogP contribution >= 0.6 is 0 Å². The molecule has 1 aliphatic rings. The van der Waals surface area contributed by atoms with Gasteiger partial charge in [0.2, 0.25) is 5.90 Å². The first-order valence-electron chi connectivity index (χ1n) is 8.27. The fourth-order valence-corrected chi connectivity index (χ4v) is 3.22. The van der Waals surface area contributed by atoms with Gasteiger partial charge in [0.15, 0.2) is 0 Å². The monoisotopic (exact) mass is 533 g/mol. The van der Waals surface area contributed by atoms with Crippen LogP contribution in [-0.2, 0) is 4.74 Å². The van der Waals surface area contributed by atoms with E-state index in [9.17, 15) is 0 Å². The van der Waals surface area contributed by atoms with E-state index in [-0.39, 0.29) is 59.8 Å². The molecule has 2 aromatic carbocycles. The van der Waals surface area contributed by atoms with Gasteiger partial charge in [-0.05, 0) is 55.0 Å². The average Bonchev–Trinajstić information content (AvgIpc) is 2.96. The van der Waals surface area contributed by atoms with Crippen molar-refractivity contribution in [3.05, 3.63) is 58.7 Å². The van der Waals surface area contributed by atoms with Gasteiger partial charge in [0.1, 0.15) is 6.61 Å². The van der Waals surface area contributed by atoms with Crippen LogP contribution < -0.4 is 34.0 Å². The Morgan fingerprint density at radius 3 is 2.15 bits per heavy atom. The molecular formula is C21H24Br2GaNO-2. The Hall–Kier alpha value is -0.494. The van der Waals surface area contributed by atoms with Crippen LogP contribution in [0.15, 0.2) is 35.3 Å². The van der Waals surface area contributed by atoms with Crippen LogP contribution in [0.25, 0.3) is 11.1 Å². The van der Waals surface area contributed by atoms with Gasteiger partial charge < -0.3 is 38.7 Å². The summed E-state index contributed by atoms with van der Waals surface area (Å²) in [4.78, 5) is 4.71. The van der Waals surface area contributed by atoms with Crippen molar-refractivity contribution in [1.82, 2.24) is 0 Å². The zero-order valence-corrected chi connectivity index (χ0v) is 21.5. The summed E-state index contributed by atoms with van der Waals surface area (Å²) in [6, 6.07) is 14.4. The first kappa shape index (κ1) is 25.5. The number of hydrogen-bond donors (Lipinski definition) is 0. The van der Waals surface area contributed by atoms with Crippen molar-refractivity contribution in [1.29, 1.82) is 0 Å². The molecule has 1 atom stereocenters. The summed E-state index contributed by atoms with van der Waals surface area (Å²) in [6.07, 6.45) is 0. The van der Waals surface area contributed by atoms with Crippen molar-refractivity contribution in [2.45, 2.75) is 40.7 Å². The molecule has 5 heteroatoms. The molecule has 0 aromatic heterocycles. The summed E-state index contributed by atoms with van der Waals surface area (Å²) in [5.74, 6) is 1.23. The summed E-state index contributed by atoms with van der Waals surface area (Å²) in [6.45, 7) is 11.5. The minimum atomic E-state index is 0. The number of benzene rings is 2. The van der Waals surface area contributed by atoms with E-state index in [1.54, 1.807) is 0 Å². The second-order valence-corrected chi connectivity index (χ2v) is 6.81. The summed E-state index contributed by atoms with van der Waals surface area (Å²) in [7, 11) is 0. The summed E-state index contributed by atoms with van der Waals surface area (Å²) < 4.78 is 5.80. The van der Waals surface area contributed by atoms with Crippen LogP contribution in [0, 0.1) is 32.8 Å². The Morgan fingerprint density at radius 1 is 1.04 bits per heavy atom. The summed E-state index contributed by atoms with van der Waals surface area (Å²) >= 11 is 0. The molecule has 0 bridgehead atoms. The maximum absolute atomic E-state index is 5.80. The van der Waals surface area contributed by atoms with Gasteiger partial charge in [0.25, 0.3) is 0 Å². The number of aliphatic imine (C=N–C) groups is 1. The Morgan fingerprint density at radius 2 is 1.62 bits per heavy atom. The molecule has 2 nitrogen and oxygen atoms in total. The van der Waals surface area contributed by atoms with Crippen LogP contribution in [0.4, 0.5) is 0 Å². The van der Waals surface area contributed by atoms with Crippen LogP contribution in [-0.4, -0.2) is 38.3 Å². The molecule has 0 spiro atoms. The normalized spacial score (nSPS) is 15.3. The van der Waals surface area contributed by atoms with Crippen molar-refractivity contribution in [3.63, 3.8) is 0 Å². The molecule has 0 N–H and O–H groups in total. The topological polar surface area (TPSA) is 21.6 Å². The Balaban J connectivity index is 0.00000208. The maximum atomic E-state index is 5.80. The second-order valence-electron chi connectivity index (χ2n) is 6.81. The fourth-order valence-electron chi connectivity index (χ4n) is 3.22. The first-order chi connectivity index (χ1) is 11.0. The number of halogens is 2. The standard InChI is InChI=1S/C21H24NO.2BrH.Ga/c1-13(2)19-12-23-21(22-19)18-8-6-7-17(11-18)20-15(4)9-14(3)10-16(20)5;;;/h6-10,13,19H,12H2,1-5H3;2*1H;/p-2. The third-order valence-electron chi connectivity index (χ3n) is 4.42. The minimum absolute atomic E-state index is 0. The number of ether oxygens (including phenoxy) is 1. The summed E-state index contributed by atoms with van der Waals surface area (Å²) in [5, 5.41) is 0. The molecule has 1 heterocycles. The van der Waals surface area contributed by atoms with Crippen molar-refractivity contribution in [2.75, 3.05) is 6.61 Å². The van der Waals surface area contributed by atoms with E-state index in [4.69, 9.17) is 9.73 Å². The zero-order valence-electron chi connectivity index (χ0n) is 15.9. The van der Waals surface area contributed by atoms with Crippen LogP contribution in [0.1, 0.15) is 36.1 Å². The van der Waals surface area contributed by atoms with Crippen LogP contribution in [0.2, 0.25) is 0 Å². The number of nitrogens with zero attached hydrogens (tertiary/aromatic N) is 1. The van der Waals surface area contributed by atoms with Gasteiger partial charge in [-0.25, -0.2) is 4.99 Å². The van der Waals surface area contributed by atoms with Crippen molar-refractivity contribution in [3.8, 4) is 11.1 Å². The SMILES string of the molecule is Cc1cc(C)c(-c2[c]c(C3=NC(C(C)C)CO3)ccc2)c(C)c1.[Br-].[Br-].[Ga]. The average molecular weight is 536 g/mol. The first-order valence-corrected chi connectivity index (χ1v) is 8.27. The number of rotatable bonds is 3. The maximum Gasteiger partial charge on any atom is 0.217 e. The molecule has 0 saturated heterocycles. The molecule has 0 saturated carbocycles. The van der Waals surface area contributed by atoms with Crippen LogP contribution in [0.5, 0.6) is 0 Å². The van der Waals surface area contributed by atoms with Gasteiger partial charge in [-0.2, -0.15) is 0 Å². The van der Waals surface area contributed by atoms with E-state index in [1.165, 1.54) is 22.3 Å². The van der Waals surface area contributed by atoms with Crippen molar-refractivity contribution >= 4 is 25.7 Å². The molecule has 0 aliphatic carbocycles. The molecule has 26 heavy (non-hydrogen) atoms. The van der Waals surface area contributed by atoms with Crippen molar-refractivity contribution in [2.24, 2.45) is 10.9 Å². The van der Waals surface area contributed by atoms with Gasteiger partial charge in [-0.1, -0.05) is 43.7 Å². The predicted octanol–water partition coefficient (Wildman–Crippen LogP) is -1.49. The largest absolute Gasteiger partial charge is 1.00 e. The third-order valence-corrected chi connectivity index (χ3v) is 4.42. The number of aryl methyl sites for hydroxylation is 3. The second kappa shape index (κ2) is 10.7. The van der Waals surface area contributed by atoms with Gasteiger partial charge >= 0.3 is 0 Å². The zero-order chi connectivity index (χ0) is 16.6. The molecule has 3 rings (SSSR count). The van der Waals surface area contributed by atoms with E-state index >= 15 is 0 Å². The third kappa shape index (κ3) is 5.51. The quantitative estimate of drug-likeness (QED) is 0.439. The van der Waals surface area contributed by atoms with Crippen LogP contribution in [0.3, 0.4) is 0 Å². The molecular weight excluding hydrogens is 512 g/mol. The van der Waals surface area contributed by atoms with E-state index < -0.39 is 0 Å².